The lowest BCUT2D eigenvalue weighted by molar-refractivity contribution is -0.158. The zero-order valence-corrected chi connectivity index (χ0v) is 28.3. The van der Waals surface area contributed by atoms with Crippen LogP contribution in [0.3, 0.4) is 0 Å². The van der Waals surface area contributed by atoms with Crippen LogP contribution in [-0.2, 0) is 47.8 Å². The molecule has 0 radical (unpaired) electrons. The van der Waals surface area contributed by atoms with Crippen molar-refractivity contribution in [2.45, 2.75) is 143 Å². The molecule has 2 atom stereocenters. The Balaban J connectivity index is 0. The number of Topliss-reactive ketones (excluding diaryl/α,β-unsaturated/α-hetero) is 4. The molecule has 0 saturated heterocycles. The number of rotatable bonds is 28. The SMILES string of the molecule is CCOC(=O)C(CCCCC(C)=O)C(=O)C(CCCCC(C)=O)C(=O)OCC.O=C(O)CCCCCC(=O)CCCCCC(=O)O. The second kappa shape index (κ2) is 29.0. The van der Waals surface area contributed by atoms with Crippen LogP contribution in [-0.4, -0.2) is 70.4 Å². The first kappa shape index (κ1) is 44.7. The van der Waals surface area contributed by atoms with E-state index in [0.29, 0.717) is 64.2 Å². The van der Waals surface area contributed by atoms with Crippen LogP contribution in [0.25, 0.3) is 0 Å². The summed E-state index contributed by atoms with van der Waals surface area (Å²) in [5.74, 6) is -5.17. The fraction of sp³-hybridized carbons (Fsp3) is 0.765. The van der Waals surface area contributed by atoms with Crippen LogP contribution in [0.15, 0.2) is 0 Å². The van der Waals surface area contributed by atoms with E-state index in [1.165, 1.54) is 13.8 Å². The maximum absolute atomic E-state index is 13.0. The molecule has 264 valence electrons. The summed E-state index contributed by atoms with van der Waals surface area (Å²) in [5.41, 5.74) is 0. The Morgan fingerprint density at radius 2 is 0.804 bits per heavy atom. The molecule has 0 aliphatic carbocycles. The van der Waals surface area contributed by atoms with E-state index >= 15 is 0 Å². The van der Waals surface area contributed by atoms with Crippen LogP contribution < -0.4 is 0 Å². The fourth-order valence-corrected chi connectivity index (χ4v) is 4.60. The van der Waals surface area contributed by atoms with E-state index < -0.39 is 41.5 Å². The van der Waals surface area contributed by atoms with Gasteiger partial charge in [-0.3, -0.25) is 28.8 Å². The van der Waals surface area contributed by atoms with Gasteiger partial charge in [0.1, 0.15) is 29.2 Å². The van der Waals surface area contributed by atoms with Gasteiger partial charge in [0.15, 0.2) is 5.78 Å². The number of carbonyl (C=O) groups is 8. The molecule has 12 heteroatoms. The molecule has 2 N–H and O–H groups in total. The first-order chi connectivity index (χ1) is 21.8. The molecule has 0 amide bonds. The van der Waals surface area contributed by atoms with Gasteiger partial charge in [-0.15, -0.1) is 0 Å². The smallest absolute Gasteiger partial charge is 0.316 e. The predicted octanol–water partition coefficient (Wildman–Crippen LogP) is 5.84. The topological polar surface area (TPSA) is 195 Å². The molecule has 12 nitrogen and oxygen atoms in total. The van der Waals surface area contributed by atoms with Crippen molar-refractivity contribution < 1.29 is 58.0 Å². The molecule has 0 aromatic carbocycles. The summed E-state index contributed by atoms with van der Waals surface area (Å²) in [6, 6.07) is 0. The number of carboxylic acid groups (broad SMARTS) is 2. The van der Waals surface area contributed by atoms with Gasteiger partial charge < -0.3 is 29.3 Å². The van der Waals surface area contributed by atoms with Crippen molar-refractivity contribution in [3.05, 3.63) is 0 Å². The zero-order chi connectivity index (χ0) is 35.3. The van der Waals surface area contributed by atoms with Crippen LogP contribution in [0.4, 0.5) is 0 Å². The number of esters is 2. The zero-order valence-electron chi connectivity index (χ0n) is 28.3. The summed E-state index contributed by atoms with van der Waals surface area (Å²) < 4.78 is 10.1. The van der Waals surface area contributed by atoms with Crippen molar-refractivity contribution in [2.24, 2.45) is 11.8 Å². The number of carbonyl (C=O) groups excluding carboxylic acids is 6. The van der Waals surface area contributed by atoms with Gasteiger partial charge in [-0.1, -0.05) is 25.7 Å². The minimum absolute atomic E-state index is 0.0499. The minimum Gasteiger partial charge on any atom is -0.481 e. The van der Waals surface area contributed by atoms with E-state index in [9.17, 15) is 38.4 Å². The Hall–Kier alpha value is -3.44. The van der Waals surface area contributed by atoms with Crippen molar-refractivity contribution in [2.75, 3.05) is 13.2 Å². The van der Waals surface area contributed by atoms with Crippen molar-refractivity contribution in [3.8, 4) is 0 Å². The quantitative estimate of drug-likeness (QED) is 0.0581. The number of ketones is 4. The lowest BCUT2D eigenvalue weighted by Gasteiger charge is -2.20. The molecule has 0 spiro atoms. The van der Waals surface area contributed by atoms with Crippen LogP contribution in [0.2, 0.25) is 0 Å². The molecule has 0 rings (SSSR count). The number of carboxylic acids is 2. The predicted molar refractivity (Wildman–Crippen MR) is 170 cm³/mol. The third-order valence-electron chi connectivity index (χ3n) is 7.06. The van der Waals surface area contributed by atoms with Crippen molar-refractivity contribution in [1.29, 1.82) is 0 Å². The van der Waals surface area contributed by atoms with Crippen molar-refractivity contribution in [3.63, 3.8) is 0 Å². The Labute approximate surface area is 273 Å². The number of aliphatic carboxylic acids is 2. The van der Waals surface area contributed by atoms with Crippen LogP contribution >= 0.6 is 0 Å². The summed E-state index contributed by atoms with van der Waals surface area (Å²) in [7, 11) is 0. The van der Waals surface area contributed by atoms with E-state index in [1.807, 2.05) is 0 Å². The highest BCUT2D eigenvalue weighted by Gasteiger charge is 2.37. The molecule has 0 aromatic rings. The second-order valence-electron chi connectivity index (χ2n) is 11.4. The summed E-state index contributed by atoms with van der Waals surface area (Å²) in [6.07, 6.45) is 9.06. The summed E-state index contributed by atoms with van der Waals surface area (Å²) in [4.78, 5) is 91.7. The van der Waals surface area contributed by atoms with Gasteiger partial charge in [-0.2, -0.15) is 0 Å². The van der Waals surface area contributed by atoms with E-state index in [4.69, 9.17) is 19.7 Å². The van der Waals surface area contributed by atoms with Gasteiger partial charge in [0.25, 0.3) is 0 Å². The molecule has 0 aromatic heterocycles. The average molecular weight is 657 g/mol. The van der Waals surface area contributed by atoms with E-state index in [2.05, 4.69) is 0 Å². The van der Waals surface area contributed by atoms with E-state index in [1.54, 1.807) is 13.8 Å². The van der Waals surface area contributed by atoms with Crippen LogP contribution in [0, 0.1) is 11.8 Å². The Kier molecular flexibility index (Phi) is 28.2. The van der Waals surface area contributed by atoms with Crippen molar-refractivity contribution in [1.82, 2.24) is 0 Å². The number of hydrogen-bond donors (Lipinski definition) is 2. The van der Waals surface area contributed by atoms with Gasteiger partial charge in [0, 0.05) is 38.5 Å². The third kappa shape index (κ3) is 26.9. The summed E-state index contributed by atoms with van der Waals surface area (Å²) in [6.45, 7) is 6.56. The maximum atomic E-state index is 13.0. The number of hydrogen-bond acceptors (Lipinski definition) is 10. The van der Waals surface area contributed by atoms with Gasteiger partial charge >= 0.3 is 23.9 Å². The summed E-state index contributed by atoms with van der Waals surface area (Å²) >= 11 is 0. The van der Waals surface area contributed by atoms with Gasteiger partial charge in [-0.25, -0.2) is 0 Å². The first-order valence-corrected chi connectivity index (χ1v) is 16.6. The van der Waals surface area contributed by atoms with Gasteiger partial charge in [0.2, 0.25) is 0 Å². The lowest BCUT2D eigenvalue weighted by atomic mass is 9.85. The largest absolute Gasteiger partial charge is 0.481 e. The molecule has 46 heavy (non-hydrogen) atoms. The number of ether oxygens (including phenoxy) is 2. The highest BCUT2D eigenvalue weighted by molar-refractivity contribution is 6.08. The highest BCUT2D eigenvalue weighted by atomic mass is 16.5. The van der Waals surface area contributed by atoms with Gasteiger partial charge in [0.05, 0.1) is 13.2 Å². The van der Waals surface area contributed by atoms with E-state index in [-0.39, 0.29) is 56.2 Å². The first-order valence-electron chi connectivity index (χ1n) is 16.6. The average Bonchev–Trinajstić information content (AvgIpc) is 2.96. The highest BCUT2D eigenvalue weighted by Crippen LogP contribution is 2.23. The summed E-state index contributed by atoms with van der Waals surface area (Å²) in [5, 5.41) is 16.8. The lowest BCUT2D eigenvalue weighted by Crippen LogP contribution is -2.36. The molecule has 0 heterocycles. The standard InChI is InChI=1S/C21H34O7.C13H22O5/c1-5-27-20(25)17(13-9-7-11-15(3)22)19(24)18(21(26)28-6-2)14-10-8-12-16(4)23;14-11(7-3-1-5-9-12(15)16)8-4-2-6-10-13(17)18/h17-18H,5-14H2,1-4H3;1-10H2,(H,15,16)(H,17,18). The molecule has 0 aliphatic rings. The number of unbranched alkanes of at least 4 members (excludes halogenated alkanes) is 6. The maximum Gasteiger partial charge on any atom is 0.316 e. The van der Waals surface area contributed by atoms with Crippen LogP contribution in [0.5, 0.6) is 0 Å². The van der Waals surface area contributed by atoms with Crippen molar-refractivity contribution >= 4 is 47.0 Å². The second-order valence-corrected chi connectivity index (χ2v) is 11.4. The normalized spacial score (nSPS) is 11.7. The molecule has 0 bridgehead atoms. The Morgan fingerprint density at radius 1 is 0.478 bits per heavy atom. The van der Waals surface area contributed by atoms with Gasteiger partial charge in [-0.05, 0) is 79.1 Å². The fourth-order valence-electron chi connectivity index (χ4n) is 4.60. The Bertz CT molecular complexity index is 884. The Morgan fingerprint density at radius 3 is 1.11 bits per heavy atom. The molecule has 0 fully saturated rings. The van der Waals surface area contributed by atoms with E-state index in [0.717, 1.165) is 25.7 Å². The van der Waals surface area contributed by atoms with Crippen LogP contribution in [0.1, 0.15) is 143 Å². The monoisotopic (exact) mass is 656 g/mol. The molecule has 0 aliphatic heterocycles. The molecular weight excluding hydrogens is 600 g/mol. The third-order valence-corrected chi connectivity index (χ3v) is 7.06. The molecular formula is C34H56O12. The minimum atomic E-state index is -1.05. The molecule has 0 saturated carbocycles. The molecule has 2 unspecified atom stereocenters.